The summed E-state index contributed by atoms with van der Waals surface area (Å²) in [5, 5.41) is 31.1. The normalized spacial score (nSPS) is 11.0. The van der Waals surface area contributed by atoms with Crippen LogP contribution in [0, 0.1) is 5.31 Å². The molecule has 3 nitrogen and oxygen atoms in total. The molecule has 0 aliphatic heterocycles. The highest BCUT2D eigenvalue weighted by Gasteiger charge is 2.11. The second-order valence-electron chi connectivity index (χ2n) is 5.79. The Bertz CT molecular complexity index is 1030. The SMILES string of the molecule is N=[B-](O)O.c1cc2cccc3c4cccc5cccc(c(c1)c23)c54. The Hall–Kier alpha value is -3.14. The van der Waals surface area contributed by atoms with Crippen LogP contribution in [0.25, 0.3) is 43.1 Å². The molecule has 0 amide bonds. The average molecular weight is 312 g/mol. The second-order valence-corrected chi connectivity index (χ2v) is 5.79. The third kappa shape index (κ3) is 2.15. The van der Waals surface area contributed by atoms with E-state index in [1.165, 1.54) is 43.1 Å². The van der Waals surface area contributed by atoms with Gasteiger partial charge in [0.1, 0.15) is 0 Å². The van der Waals surface area contributed by atoms with Gasteiger partial charge >= 0.3 is 6.91 Å². The van der Waals surface area contributed by atoms with Crippen LogP contribution in [0.15, 0.2) is 72.8 Å². The minimum Gasteiger partial charge on any atom is -0.722 e. The highest BCUT2D eigenvalue weighted by Crippen LogP contribution is 2.39. The molecular weight excluding hydrogens is 297 g/mol. The van der Waals surface area contributed by atoms with Gasteiger partial charge in [-0.05, 0) is 43.1 Å². The van der Waals surface area contributed by atoms with E-state index in [1.807, 2.05) is 0 Å². The summed E-state index contributed by atoms with van der Waals surface area (Å²) < 4.78 is 0. The zero-order valence-electron chi connectivity index (χ0n) is 12.9. The van der Waals surface area contributed by atoms with Gasteiger partial charge in [-0.2, -0.15) is 0 Å². The predicted octanol–water partition coefficient (Wildman–Crippen LogP) is 4.54. The van der Waals surface area contributed by atoms with Gasteiger partial charge in [-0.25, -0.2) is 0 Å². The Morgan fingerprint density at radius 2 is 0.792 bits per heavy atom. The third-order valence-corrected chi connectivity index (χ3v) is 4.39. The first-order valence-electron chi connectivity index (χ1n) is 7.78. The molecule has 0 atom stereocenters. The summed E-state index contributed by atoms with van der Waals surface area (Å²) in [6.45, 7) is -1.92. The lowest BCUT2D eigenvalue weighted by Gasteiger charge is -2.13. The van der Waals surface area contributed by atoms with Crippen LogP contribution in [0.3, 0.4) is 0 Å². The Labute approximate surface area is 138 Å². The molecule has 0 heterocycles. The fourth-order valence-corrected chi connectivity index (χ4v) is 3.58. The zero-order valence-corrected chi connectivity index (χ0v) is 12.9. The molecule has 5 aromatic carbocycles. The highest BCUT2D eigenvalue weighted by molar-refractivity contribution is 6.32. The van der Waals surface area contributed by atoms with E-state index in [9.17, 15) is 0 Å². The lowest BCUT2D eigenvalue weighted by molar-refractivity contribution is 0.422. The average Bonchev–Trinajstić information content (AvgIpc) is 2.59. The molecular formula is C20H15BNO2-. The Kier molecular flexibility index (Phi) is 3.31. The van der Waals surface area contributed by atoms with E-state index in [0.29, 0.717) is 0 Å². The molecule has 24 heavy (non-hydrogen) atoms. The van der Waals surface area contributed by atoms with E-state index < -0.39 is 6.91 Å². The maximum absolute atomic E-state index is 7.28. The van der Waals surface area contributed by atoms with Crippen LogP contribution in [0.5, 0.6) is 0 Å². The fraction of sp³-hybridized carbons (Fsp3) is 0. The Morgan fingerprint density at radius 1 is 0.542 bits per heavy atom. The number of hydrogen-bond donors (Lipinski definition) is 3. The van der Waals surface area contributed by atoms with Crippen molar-refractivity contribution >= 4 is 50.0 Å². The van der Waals surface area contributed by atoms with Crippen molar-refractivity contribution in [2.45, 2.75) is 0 Å². The molecule has 0 radical (unpaired) electrons. The van der Waals surface area contributed by atoms with Crippen LogP contribution < -0.4 is 0 Å². The highest BCUT2D eigenvalue weighted by atomic mass is 16.4. The zero-order chi connectivity index (χ0) is 16.7. The minimum absolute atomic E-state index is 1.33. The number of benzene rings is 5. The van der Waals surface area contributed by atoms with Gasteiger partial charge in [0.25, 0.3) is 0 Å². The Balaban J connectivity index is 0.000000332. The van der Waals surface area contributed by atoms with Gasteiger partial charge in [-0.3, -0.25) is 0 Å². The molecule has 0 saturated heterocycles. The van der Waals surface area contributed by atoms with Gasteiger partial charge in [0, 0.05) is 0 Å². The van der Waals surface area contributed by atoms with E-state index >= 15 is 0 Å². The van der Waals surface area contributed by atoms with Gasteiger partial charge in [0.2, 0.25) is 0 Å². The van der Waals surface area contributed by atoms with Gasteiger partial charge in [0.15, 0.2) is 0 Å². The van der Waals surface area contributed by atoms with Crippen LogP contribution in [0.4, 0.5) is 0 Å². The molecule has 0 saturated carbocycles. The summed E-state index contributed by atoms with van der Waals surface area (Å²) in [5.74, 6) is 0. The Morgan fingerprint density at radius 3 is 1.04 bits per heavy atom. The maximum Gasteiger partial charge on any atom is 0.367 e. The predicted molar refractivity (Wildman–Crippen MR) is 101 cm³/mol. The first-order valence-corrected chi connectivity index (χ1v) is 7.78. The summed E-state index contributed by atoms with van der Waals surface area (Å²) in [5.41, 5.74) is 0. The van der Waals surface area contributed by atoms with Crippen molar-refractivity contribution in [3.63, 3.8) is 0 Å². The standard InChI is InChI=1S/C20H12.BH3NO2/c1-5-13-6-2-11-17-18-12-4-8-14-7-3-10-16(20(14)18)15(9-1)19(13)17;2-1(3)4/h1-12H;2-4H/q;-1. The molecule has 0 bridgehead atoms. The van der Waals surface area contributed by atoms with E-state index in [4.69, 9.17) is 15.4 Å². The van der Waals surface area contributed by atoms with E-state index in [1.54, 1.807) is 0 Å². The molecule has 5 aromatic rings. The third-order valence-electron chi connectivity index (χ3n) is 4.39. The van der Waals surface area contributed by atoms with Gasteiger partial charge < -0.3 is 15.4 Å². The van der Waals surface area contributed by atoms with Crippen molar-refractivity contribution in [2.24, 2.45) is 0 Å². The molecule has 4 heteroatoms. The van der Waals surface area contributed by atoms with Crippen LogP contribution in [0.1, 0.15) is 0 Å². The molecule has 0 spiro atoms. The van der Waals surface area contributed by atoms with Crippen molar-refractivity contribution in [2.75, 3.05) is 0 Å². The maximum atomic E-state index is 7.28. The molecule has 0 aliphatic rings. The molecule has 0 aromatic heterocycles. The lowest BCUT2D eigenvalue weighted by Crippen LogP contribution is -1.89. The molecule has 0 unspecified atom stereocenters. The minimum atomic E-state index is -1.92. The van der Waals surface area contributed by atoms with E-state index in [-0.39, 0.29) is 0 Å². The van der Waals surface area contributed by atoms with Crippen LogP contribution in [0.2, 0.25) is 0 Å². The van der Waals surface area contributed by atoms with E-state index in [2.05, 4.69) is 72.8 Å². The molecule has 0 fully saturated rings. The van der Waals surface area contributed by atoms with Crippen LogP contribution in [-0.2, 0) is 0 Å². The van der Waals surface area contributed by atoms with Crippen LogP contribution in [-0.4, -0.2) is 17.0 Å². The van der Waals surface area contributed by atoms with Gasteiger partial charge in [-0.1, -0.05) is 72.8 Å². The first kappa shape index (κ1) is 14.5. The van der Waals surface area contributed by atoms with Crippen molar-refractivity contribution in [1.82, 2.24) is 0 Å². The van der Waals surface area contributed by atoms with Crippen molar-refractivity contribution in [3.05, 3.63) is 72.8 Å². The fourth-order valence-electron chi connectivity index (χ4n) is 3.58. The monoisotopic (exact) mass is 312 g/mol. The molecule has 5 rings (SSSR count). The summed E-state index contributed by atoms with van der Waals surface area (Å²) in [6.07, 6.45) is 0. The van der Waals surface area contributed by atoms with Crippen molar-refractivity contribution in [1.29, 1.82) is 5.31 Å². The van der Waals surface area contributed by atoms with E-state index in [0.717, 1.165) is 0 Å². The number of rotatable bonds is 0. The molecule has 0 aliphatic carbocycles. The van der Waals surface area contributed by atoms with Crippen LogP contribution >= 0.6 is 0 Å². The smallest absolute Gasteiger partial charge is 0.367 e. The number of hydrogen-bond acceptors (Lipinski definition) is 1. The van der Waals surface area contributed by atoms with Crippen molar-refractivity contribution < 1.29 is 10.0 Å². The van der Waals surface area contributed by atoms with Crippen molar-refractivity contribution in [3.8, 4) is 0 Å². The topological polar surface area (TPSA) is 64.3 Å². The molecule has 3 N–H and O–H groups in total. The lowest BCUT2D eigenvalue weighted by atomic mass is 9.90. The summed E-state index contributed by atoms with van der Waals surface area (Å²) in [4.78, 5) is 0. The number of nitrogens with one attached hydrogen (secondary N) is 1. The first-order chi connectivity index (χ1) is 11.7. The van der Waals surface area contributed by atoms with Gasteiger partial charge in [0.05, 0.1) is 0 Å². The second kappa shape index (κ2) is 5.50. The largest absolute Gasteiger partial charge is 0.722 e. The van der Waals surface area contributed by atoms with Gasteiger partial charge in [-0.15, -0.1) is 0 Å². The molecule has 116 valence electrons. The number of fused-ring (bicyclic) bond motifs is 2. The quantitative estimate of drug-likeness (QED) is 0.223. The summed E-state index contributed by atoms with van der Waals surface area (Å²) in [6, 6.07) is 26.4. The summed E-state index contributed by atoms with van der Waals surface area (Å²) >= 11 is 0. The summed E-state index contributed by atoms with van der Waals surface area (Å²) in [7, 11) is 0.